The van der Waals surface area contributed by atoms with Crippen LogP contribution >= 0.6 is 11.8 Å². The number of hydrogen-bond donors (Lipinski definition) is 7. The van der Waals surface area contributed by atoms with Crippen molar-refractivity contribution < 1.29 is 24.3 Å². The molecule has 0 aliphatic carbocycles. The van der Waals surface area contributed by atoms with Crippen molar-refractivity contribution in [3.63, 3.8) is 0 Å². The van der Waals surface area contributed by atoms with Crippen molar-refractivity contribution >= 4 is 41.4 Å². The third kappa shape index (κ3) is 12.6. The Balaban J connectivity index is 2.72. The van der Waals surface area contributed by atoms with E-state index in [1.807, 2.05) is 36.6 Å². The molecule has 194 valence electrons. The molecule has 1 rings (SSSR count). The van der Waals surface area contributed by atoms with Crippen molar-refractivity contribution in [2.24, 2.45) is 22.2 Å². The molecule has 0 aromatic heterocycles. The van der Waals surface area contributed by atoms with Crippen molar-refractivity contribution in [1.29, 1.82) is 0 Å². The van der Waals surface area contributed by atoms with Gasteiger partial charge in [0.25, 0.3) is 0 Å². The van der Waals surface area contributed by atoms with E-state index in [0.717, 1.165) is 5.56 Å². The fourth-order valence-corrected chi connectivity index (χ4v) is 3.51. The number of amides is 3. The van der Waals surface area contributed by atoms with Crippen molar-refractivity contribution in [1.82, 2.24) is 16.0 Å². The van der Waals surface area contributed by atoms with Gasteiger partial charge in [-0.1, -0.05) is 30.3 Å². The number of carboxylic acid groups (broad SMARTS) is 1. The smallest absolute Gasteiger partial charge is 0.326 e. The molecule has 0 bridgehead atoms. The maximum atomic E-state index is 12.7. The van der Waals surface area contributed by atoms with E-state index in [9.17, 15) is 24.3 Å². The molecular weight excluding hydrogens is 474 g/mol. The second kappa shape index (κ2) is 16.3. The van der Waals surface area contributed by atoms with Gasteiger partial charge in [0, 0.05) is 6.54 Å². The zero-order valence-corrected chi connectivity index (χ0v) is 20.6. The van der Waals surface area contributed by atoms with Gasteiger partial charge < -0.3 is 38.3 Å². The lowest BCUT2D eigenvalue weighted by Gasteiger charge is -2.21. The number of benzene rings is 1. The number of thioether (sulfide) groups is 1. The van der Waals surface area contributed by atoms with E-state index in [0.29, 0.717) is 12.2 Å². The van der Waals surface area contributed by atoms with E-state index in [4.69, 9.17) is 17.2 Å². The highest BCUT2D eigenvalue weighted by Crippen LogP contribution is 2.05. The first-order valence-corrected chi connectivity index (χ1v) is 12.5. The molecule has 1 aromatic rings. The first-order chi connectivity index (χ1) is 16.6. The Morgan fingerprint density at radius 3 is 2.31 bits per heavy atom. The highest BCUT2D eigenvalue weighted by molar-refractivity contribution is 7.98. The zero-order valence-electron chi connectivity index (χ0n) is 19.7. The van der Waals surface area contributed by atoms with E-state index < -0.39 is 48.4 Å². The fourth-order valence-electron chi connectivity index (χ4n) is 3.04. The Kier molecular flexibility index (Phi) is 13.9. The molecule has 0 saturated heterocycles. The maximum absolute atomic E-state index is 12.7. The summed E-state index contributed by atoms with van der Waals surface area (Å²) in [5.41, 5.74) is 17.5. The van der Waals surface area contributed by atoms with Crippen molar-refractivity contribution in [2.45, 2.75) is 43.8 Å². The number of carboxylic acids is 1. The van der Waals surface area contributed by atoms with Gasteiger partial charge in [-0.2, -0.15) is 11.8 Å². The monoisotopic (exact) mass is 509 g/mol. The highest BCUT2D eigenvalue weighted by Gasteiger charge is 2.25. The van der Waals surface area contributed by atoms with Crippen LogP contribution in [0.25, 0.3) is 0 Å². The summed E-state index contributed by atoms with van der Waals surface area (Å²) < 4.78 is 0. The summed E-state index contributed by atoms with van der Waals surface area (Å²) in [5.74, 6) is -2.49. The van der Waals surface area contributed by atoms with Crippen LogP contribution < -0.4 is 33.2 Å². The lowest BCUT2D eigenvalue weighted by Crippen LogP contribution is -2.53. The van der Waals surface area contributed by atoms with Crippen LogP contribution in [0.1, 0.15) is 24.8 Å². The number of carbonyl (C=O) groups excluding carboxylic acids is 3. The minimum atomic E-state index is -1.16. The lowest BCUT2D eigenvalue weighted by molar-refractivity contribution is -0.141. The molecule has 3 atom stereocenters. The molecule has 0 saturated carbocycles. The maximum Gasteiger partial charge on any atom is 0.326 e. The van der Waals surface area contributed by atoms with Gasteiger partial charge in [0.05, 0.1) is 12.6 Å². The van der Waals surface area contributed by atoms with Crippen LogP contribution in [0.5, 0.6) is 0 Å². The van der Waals surface area contributed by atoms with Gasteiger partial charge in [-0.15, -0.1) is 0 Å². The average Bonchev–Trinajstić information content (AvgIpc) is 2.82. The third-order valence-corrected chi connectivity index (χ3v) is 5.52. The Morgan fingerprint density at radius 1 is 1.03 bits per heavy atom. The van der Waals surface area contributed by atoms with Crippen LogP contribution in [-0.4, -0.2) is 78.0 Å². The number of guanidine groups is 1. The van der Waals surface area contributed by atoms with E-state index in [2.05, 4.69) is 20.9 Å². The van der Waals surface area contributed by atoms with Gasteiger partial charge in [0.2, 0.25) is 17.7 Å². The number of aliphatic carboxylic acids is 1. The number of hydrogen-bond acceptors (Lipinski definition) is 7. The zero-order chi connectivity index (χ0) is 26.2. The Hall–Kier alpha value is -3.32. The van der Waals surface area contributed by atoms with E-state index in [1.54, 1.807) is 0 Å². The number of nitrogens with zero attached hydrogens (tertiary/aromatic N) is 1. The molecule has 35 heavy (non-hydrogen) atoms. The van der Waals surface area contributed by atoms with E-state index in [1.165, 1.54) is 11.8 Å². The van der Waals surface area contributed by atoms with Gasteiger partial charge in [-0.25, -0.2) is 4.79 Å². The number of rotatable bonds is 16. The van der Waals surface area contributed by atoms with Crippen molar-refractivity contribution in [2.75, 3.05) is 25.1 Å². The predicted octanol–water partition coefficient (Wildman–Crippen LogP) is -1.47. The van der Waals surface area contributed by atoms with E-state index in [-0.39, 0.29) is 31.8 Å². The molecule has 3 unspecified atom stereocenters. The number of nitrogens with two attached hydrogens (primary N) is 3. The van der Waals surface area contributed by atoms with Crippen molar-refractivity contribution in [3.05, 3.63) is 35.9 Å². The number of nitrogens with one attached hydrogen (secondary N) is 3. The summed E-state index contributed by atoms with van der Waals surface area (Å²) in [6.45, 7) is -0.202. The second-order valence-electron chi connectivity index (χ2n) is 7.76. The van der Waals surface area contributed by atoms with Crippen LogP contribution in [0.3, 0.4) is 0 Å². The Morgan fingerprint density at radius 2 is 1.71 bits per heavy atom. The second-order valence-corrected chi connectivity index (χ2v) is 8.75. The summed E-state index contributed by atoms with van der Waals surface area (Å²) in [4.78, 5) is 52.7. The molecule has 13 heteroatoms. The van der Waals surface area contributed by atoms with Gasteiger partial charge in [-0.05, 0) is 43.3 Å². The predicted molar refractivity (Wildman–Crippen MR) is 136 cm³/mol. The molecule has 12 nitrogen and oxygen atoms in total. The molecule has 0 aliphatic heterocycles. The molecule has 3 amide bonds. The van der Waals surface area contributed by atoms with Crippen LogP contribution in [-0.2, 0) is 25.6 Å². The summed E-state index contributed by atoms with van der Waals surface area (Å²) in [7, 11) is 0. The first kappa shape index (κ1) is 29.7. The SMILES string of the molecule is CSCCC(NC(=O)CNC(=O)C(CCCN=C(N)N)NC(=O)C(N)Cc1ccccc1)C(=O)O. The molecule has 1 aromatic carbocycles. The quantitative estimate of drug-likeness (QED) is 0.0785. The fraction of sp³-hybridized carbons (Fsp3) is 0.500. The Labute approximate surface area is 208 Å². The molecule has 0 spiro atoms. The van der Waals surface area contributed by atoms with Gasteiger partial charge in [-0.3, -0.25) is 19.4 Å². The largest absolute Gasteiger partial charge is 0.480 e. The average molecular weight is 510 g/mol. The number of aliphatic imine (C=N–C) groups is 1. The van der Waals surface area contributed by atoms with Gasteiger partial charge >= 0.3 is 5.97 Å². The Bertz CT molecular complexity index is 865. The molecule has 0 radical (unpaired) electrons. The van der Waals surface area contributed by atoms with Gasteiger partial charge in [0.1, 0.15) is 12.1 Å². The van der Waals surface area contributed by atoms with Crippen LogP contribution in [0.15, 0.2) is 35.3 Å². The molecular formula is C22H35N7O5S. The minimum Gasteiger partial charge on any atom is -0.480 e. The van der Waals surface area contributed by atoms with Crippen LogP contribution in [0.2, 0.25) is 0 Å². The summed E-state index contributed by atoms with van der Waals surface area (Å²) in [5, 5.41) is 16.7. The molecule has 10 N–H and O–H groups in total. The minimum absolute atomic E-state index is 0.0916. The standard InChI is InChI=1S/C22H35N7O5S/c1-35-11-9-17(21(33)34)28-18(30)13-27-20(32)16(8-5-10-26-22(24)25)29-19(31)15(23)12-14-6-3-2-4-7-14/h2-4,6-7,15-17H,5,8-13,23H2,1H3,(H,27,32)(H,28,30)(H,29,31)(H,33,34)(H4,24,25,26). The summed E-state index contributed by atoms with van der Waals surface area (Å²) in [6, 6.07) is 6.27. The van der Waals surface area contributed by atoms with E-state index >= 15 is 0 Å². The number of carbonyl (C=O) groups is 4. The third-order valence-electron chi connectivity index (χ3n) is 4.88. The first-order valence-electron chi connectivity index (χ1n) is 11.1. The van der Waals surface area contributed by atoms with Crippen molar-refractivity contribution in [3.8, 4) is 0 Å². The summed E-state index contributed by atoms with van der Waals surface area (Å²) >= 11 is 1.46. The summed E-state index contributed by atoms with van der Waals surface area (Å²) in [6.07, 6.45) is 2.93. The lowest BCUT2D eigenvalue weighted by atomic mass is 10.0. The topological polar surface area (TPSA) is 215 Å². The normalized spacial score (nSPS) is 13.1. The molecule has 0 aliphatic rings. The molecule has 0 heterocycles. The highest BCUT2D eigenvalue weighted by atomic mass is 32.2. The van der Waals surface area contributed by atoms with Crippen LogP contribution in [0, 0.1) is 0 Å². The van der Waals surface area contributed by atoms with Gasteiger partial charge in [0.15, 0.2) is 5.96 Å². The molecule has 0 fully saturated rings. The van der Waals surface area contributed by atoms with Crippen LogP contribution in [0.4, 0.5) is 0 Å².